The second-order valence-corrected chi connectivity index (χ2v) is 7.71. The molecule has 2 aliphatic rings. The van der Waals surface area contributed by atoms with E-state index in [2.05, 4.69) is 10.4 Å². The van der Waals surface area contributed by atoms with E-state index in [0.717, 1.165) is 36.2 Å². The van der Waals surface area contributed by atoms with Crippen molar-refractivity contribution in [3.8, 4) is 0 Å². The van der Waals surface area contributed by atoms with E-state index in [-0.39, 0.29) is 30.1 Å². The molecule has 0 saturated carbocycles. The molecule has 0 aliphatic carbocycles. The first-order chi connectivity index (χ1) is 15.0. The summed E-state index contributed by atoms with van der Waals surface area (Å²) in [5, 5.41) is 8.21. The molecule has 1 saturated heterocycles. The quantitative estimate of drug-likeness (QED) is 0.762. The number of carbonyl (C=O) groups is 2. The molecule has 2 amide bonds. The van der Waals surface area contributed by atoms with Crippen molar-refractivity contribution in [1.29, 1.82) is 0 Å². The van der Waals surface area contributed by atoms with Crippen molar-refractivity contribution < 1.29 is 18.4 Å². The van der Waals surface area contributed by atoms with E-state index in [1.807, 2.05) is 30.3 Å². The summed E-state index contributed by atoms with van der Waals surface area (Å²) >= 11 is 0. The Labute approximate surface area is 179 Å². The van der Waals surface area contributed by atoms with Crippen molar-refractivity contribution in [2.45, 2.75) is 32.1 Å². The maximum atomic E-state index is 14.4. The topological polar surface area (TPSA) is 65.0 Å². The number of hydrazone groups is 1. The van der Waals surface area contributed by atoms with Crippen molar-refractivity contribution >= 4 is 28.9 Å². The lowest BCUT2D eigenvalue weighted by Gasteiger charge is -2.20. The predicted molar refractivity (Wildman–Crippen MR) is 115 cm³/mol. The minimum Gasteiger partial charge on any atom is -0.367 e. The fourth-order valence-corrected chi connectivity index (χ4v) is 3.92. The Balaban J connectivity index is 1.31. The zero-order valence-corrected chi connectivity index (χ0v) is 17.1. The number of hydrogen-bond donors (Lipinski definition) is 1. The summed E-state index contributed by atoms with van der Waals surface area (Å²) in [7, 11) is 0. The highest BCUT2D eigenvalue weighted by Gasteiger charge is 2.23. The molecule has 0 bridgehead atoms. The molecule has 4 rings (SSSR count). The van der Waals surface area contributed by atoms with Gasteiger partial charge in [0.05, 0.1) is 12.3 Å². The van der Waals surface area contributed by atoms with Gasteiger partial charge in [0, 0.05) is 38.0 Å². The number of halogens is 2. The van der Waals surface area contributed by atoms with Gasteiger partial charge in [-0.3, -0.25) is 9.59 Å². The molecule has 2 aliphatic heterocycles. The highest BCUT2D eigenvalue weighted by Crippen LogP contribution is 2.29. The normalized spacial score (nSPS) is 15.9. The predicted octanol–water partition coefficient (Wildman–Crippen LogP) is 3.92. The average molecular weight is 426 g/mol. The van der Waals surface area contributed by atoms with Gasteiger partial charge in [0.25, 0.3) is 0 Å². The third-order valence-corrected chi connectivity index (χ3v) is 5.49. The number of rotatable bonds is 6. The van der Waals surface area contributed by atoms with Gasteiger partial charge < -0.3 is 10.2 Å². The number of carbonyl (C=O) groups excluding carboxylic acids is 2. The maximum absolute atomic E-state index is 14.4. The average Bonchev–Trinajstić information content (AvgIpc) is 3.45. The Morgan fingerprint density at radius 3 is 2.32 bits per heavy atom. The standard InChI is InChI=1S/C23H24F2N4O2/c24-18-14-17(15-19(25)23(18)28-11-4-5-12-28)26-21(30)8-9-22(31)29-13-10-20(27-29)16-6-2-1-3-7-16/h1-3,6-7,14-15H,4-5,8-13H2,(H,26,30). The molecule has 0 aromatic heterocycles. The highest BCUT2D eigenvalue weighted by atomic mass is 19.1. The molecule has 0 spiro atoms. The van der Waals surface area contributed by atoms with Crippen LogP contribution in [-0.4, -0.2) is 42.2 Å². The Morgan fingerprint density at radius 1 is 0.968 bits per heavy atom. The molecule has 31 heavy (non-hydrogen) atoms. The zero-order valence-electron chi connectivity index (χ0n) is 17.1. The third-order valence-electron chi connectivity index (χ3n) is 5.49. The van der Waals surface area contributed by atoms with Crippen LogP contribution in [0.3, 0.4) is 0 Å². The van der Waals surface area contributed by atoms with Crippen LogP contribution in [0.4, 0.5) is 20.2 Å². The van der Waals surface area contributed by atoms with Crippen LogP contribution in [0.15, 0.2) is 47.6 Å². The van der Waals surface area contributed by atoms with Crippen LogP contribution in [-0.2, 0) is 9.59 Å². The maximum Gasteiger partial charge on any atom is 0.243 e. The van der Waals surface area contributed by atoms with Crippen molar-refractivity contribution in [2.75, 3.05) is 29.9 Å². The Morgan fingerprint density at radius 2 is 1.65 bits per heavy atom. The van der Waals surface area contributed by atoms with Gasteiger partial charge >= 0.3 is 0 Å². The molecule has 6 nitrogen and oxygen atoms in total. The van der Waals surface area contributed by atoms with Gasteiger partial charge in [0.15, 0.2) is 11.6 Å². The molecule has 2 aromatic carbocycles. The van der Waals surface area contributed by atoms with Crippen molar-refractivity contribution in [3.63, 3.8) is 0 Å². The van der Waals surface area contributed by atoms with E-state index in [4.69, 9.17) is 0 Å². The summed E-state index contributed by atoms with van der Waals surface area (Å²) in [5.41, 5.74) is 1.80. The van der Waals surface area contributed by atoms with Gasteiger partial charge in [-0.1, -0.05) is 30.3 Å². The molecule has 0 radical (unpaired) electrons. The molecule has 0 atom stereocenters. The minimum absolute atomic E-state index is 0.0335. The van der Waals surface area contributed by atoms with E-state index < -0.39 is 17.5 Å². The molecular weight excluding hydrogens is 402 g/mol. The van der Waals surface area contributed by atoms with Gasteiger partial charge in [-0.15, -0.1) is 0 Å². The molecule has 2 aromatic rings. The first-order valence-corrected chi connectivity index (χ1v) is 10.5. The first kappa shape index (κ1) is 21.0. The highest BCUT2D eigenvalue weighted by molar-refractivity contribution is 6.02. The molecule has 1 fully saturated rings. The Hall–Kier alpha value is -3.29. The Bertz CT molecular complexity index is 981. The van der Waals surface area contributed by atoms with Gasteiger partial charge in [0.2, 0.25) is 11.8 Å². The van der Waals surface area contributed by atoms with Crippen molar-refractivity contribution in [1.82, 2.24) is 5.01 Å². The minimum atomic E-state index is -0.701. The molecule has 1 N–H and O–H groups in total. The van der Waals surface area contributed by atoms with E-state index in [0.29, 0.717) is 26.1 Å². The van der Waals surface area contributed by atoms with Crippen LogP contribution < -0.4 is 10.2 Å². The summed E-state index contributed by atoms with van der Waals surface area (Å²) in [6.07, 6.45) is 2.33. The van der Waals surface area contributed by atoms with Crippen LogP contribution in [0, 0.1) is 11.6 Å². The van der Waals surface area contributed by atoms with E-state index in [1.165, 1.54) is 5.01 Å². The second kappa shape index (κ2) is 9.24. The van der Waals surface area contributed by atoms with Crippen LogP contribution in [0.2, 0.25) is 0 Å². The van der Waals surface area contributed by atoms with E-state index in [1.54, 1.807) is 4.90 Å². The summed E-state index contributed by atoms with van der Waals surface area (Å²) in [6.45, 7) is 1.71. The summed E-state index contributed by atoms with van der Waals surface area (Å²) in [4.78, 5) is 26.3. The van der Waals surface area contributed by atoms with Gasteiger partial charge in [-0.2, -0.15) is 5.10 Å². The van der Waals surface area contributed by atoms with Gasteiger partial charge in [-0.25, -0.2) is 13.8 Å². The monoisotopic (exact) mass is 426 g/mol. The van der Waals surface area contributed by atoms with Crippen LogP contribution in [0.25, 0.3) is 0 Å². The molecule has 162 valence electrons. The number of amides is 2. The van der Waals surface area contributed by atoms with Crippen LogP contribution in [0.1, 0.15) is 37.7 Å². The number of nitrogens with one attached hydrogen (secondary N) is 1. The third kappa shape index (κ3) is 4.90. The second-order valence-electron chi connectivity index (χ2n) is 7.71. The number of benzene rings is 2. The number of hydrogen-bond acceptors (Lipinski definition) is 4. The zero-order chi connectivity index (χ0) is 21.8. The van der Waals surface area contributed by atoms with Gasteiger partial charge in [0.1, 0.15) is 5.69 Å². The lowest BCUT2D eigenvalue weighted by molar-refractivity contribution is -0.132. The fourth-order valence-electron chi connectivity index (χ4n) is 3.92. The van der Waals surface area contributed by atoms with Crippen LogP contribution in [0.5, 0.6) is 0 Å². The number of anilines is 2. The largest absolute Gasteiger partial charge is 0.367 e. The first-order valence-electron chi connectivity index (χ1n) is 10.5. The van der Waals surface area contributed by atoms with Gasteiger partial charge in [-0.05, 0) is 30.5 Å². The SMILES string of the molecule is O=C(CCC(=O)N1CCC(c2ccccc2)=N1)Nc1cc(F)c(N2CCCC2)c(F)c1. The molecule has 0 unspecified atom stereocenters. The molecule has 8 heteroatoms. The van der Waals surface area contributed by atoms with E-state index >= 15 is 0 Å². The Kier molecular flexibility index (Phi) is 6.25. The lowest BCUT2D eigenvalue weighted by atomic mass is 10.1. The summed E-state index contributed by atoms with van der Waals surface area (Å²) < 4.78 is 28.8. The molecule has 2 heterocycles. The van der Waals surface area contributed by atoms with Crippen LogP contribution >= 0.6 is 0 Å². The number of nitrogens with zero attached hydrogens (tertiary/aromatic N) is 3. The summed E-state index contributed by atoms with van der Waals surface area (Å²) in [5.74, 6) is -2.14. The molecular formula is C23H24F2N4O2. The van der Waals surface area contributed by atoms with Crippen molar-refractivity contribution in [2.24, 2.45) is 5.10 Å². The fraction of sp³-hybridized carbons (Fsp3) is 0.348. The summed E-state index contributed by atoms with van der Waals surface area (Å²) in [6, 6.07) is 11.9. The van der Waals surface area contributed by atoms with E-state index in [9.17, 15) is 18.4 Å². The van der Waals surface area contributed by atoms with Crippen molar-refractivity contribution in [3.05, 3.63) is 59.7 Å². The lowest BCUT2D eigenvalue weighted by Crippen LogP contribution is -2.25. The smallest absolute Gasteiger partial charge is 0.243 e.